The van der Waals surface area contributed by atoms with Crippen molar-refractivity contribution < 1.29 is 4.74 Å². The summed E-state index contributed by atoms with van der Waals surface area (Å²) >= 11 is 0. The molecule has 0 amide bonds. The van der Waals surface area contributed by atoms with E-state index in [1.807, 2.05) is 0 Å². The highest BCUT2D eigenvalue weighted by Crippen LogP contribution is 2.21. The number of ether oxygens (including phenoxy) is 1. The Morgan fingerprint density at radius 3 is 2.47 bits per heavy atom. The standard InChI is InChI=1S/C15H25NO/c1-4-13(3)14-7-9-15(10-8-14)17-12-6-11-16-5-2/h7-10,13,16H,4-6,11-12H2,1-3H3. The molecule has 1 N–H and O–H groups in total. The lowest BCUT2D eigenvalue weighted by atomic mass is 9.99. The molecule has 0 bridgehead atoms. The van der Waals surface area contributed by atoms with Gasteiger partial charge in [0.25, 0.3) is 0 Å². The summed E-state index contributed by atoms with van der Waals surface area (Å²) in [6.45, 7) is 9.44. The Kier molecular flexibility index (Phi) is 6.71. The van der Waals surface area contributed by atoms with Crippen LogP contribution in [0, 0.1) is 0 Å². The second-order valence-electron chi connectivity index (χ2n) is 4.43. The predicted octanol–water partition coefficient (Wildman–Crippen LogP) is 3.58. The zero-order chi connectivity index (χ0) is 12.5. The van der Waals surface area contributed by atoms with E-state index in [0.717, 1.165) is 31.9 Å². The Morgan fingerprint density at radius 1 is 1.18 bits per heavy atom. The van der Waals surface area contributed by atoms with Crippen molar-refractivity contribution >= 4 is 0 Å². The van der Waals surface area contributed by atoms with Crippen molar-refractivity contribution in [3.05, 3.63) is 29.8 Å². The van der Waals surface area contributed by atoms with Crippen molar-refractivity contribution in [1.82, 2.24) is 5.32 Å². The van der Waals surface area contributed by atoms with E-state index in [4.69, 9.17) is 4.74 Å². The number of benzene rings is 1. The number of hydrogen-bond acceptors (Lipinski definition) is 2. The lowest BCUT2D eigenvalue weighted by Crippen LogP contribution is -2.16. The van der Waals surface area contributed by atoms with Crippen LogP contribution in [0.3, 0.4) is 0 Å². The zero-order valence-corrected chi connectivity index (χ0v) is 11.3. The fourth-order valence-corrected chi connectivity index (χ4v) is 1.69. The Balaban J connectivity index is 2.30. The molecule has 96 valence electrons. The van der Waals surface area contributed by atoms with E-state index < -0.39 is 0 Å². The van der Waals surface area contributed by atoms with E-state index >= 15 is 0 Å². The summed E-state index contributed by atoms with van der Waals surface area (Å²) in [6, 6.07) is 8.51. The van der Waals surface area contributed by atoms with Gasteiger partial charge in [0.2, 0.25) is 0 Å². The van der Waals surface area contributed by atoms with Crippen molar-refractivity contribution in [1.29, 1.82) is 0 Å². The molecular weight excluding hydrogens is 210 g/mol. The Hall–Kier alpha value is -1.02. The van der Waals surface area contributed by atoms with Gasteiger partial charge >= 0.3 is 0 Å². The summed E-state index contributed by atoms with van der Waals surface area (Å²) < 4.78 is 5.68. The molecule has 0 aliphatic rings. The average molecular weight is 235 g/mol. The van der Waals surface area contributed by atoms with Gasteiger partial charge in [0.1, 0.15) is 5.75 Å². The monoisotopic (exact) mass is 235 g/mol. The molecule has 2 heteroatoms. The minimum atomic E-state index is 0.637. The molecule has 0 aliphatic carbocycles. The van der Waals surface area contributed by atoms with Crippen molar-refractivity contribution in [3.63, 3.8) is 0 Å². The summed E-state index contributed by atoms with van der Waals surface area (Å²) in [7, 11) is 0. The van der Waals surface area contributed by atoms with E-state index in [1.54, 1.807) is 0 Å². The molecule has 1 atom stereocenters. The molecule has 17 heavy (non-hydrogen) atoms. The third-order valence-corrected chi connectivity index (χ3v) is 3.08. The van der Waals surface area contributed by atoms with Gasteiger partial charge in [-0.25, -0.2) is 0 Å². The maximum absolute atomic E-state index is 5.68. The van der Waals surface area contributed by atoms with Crippen molar-refractivity contribution in [2.45, 2.75) is 39.5 Å². The Bertz CT molecular complexity index is 294. The predicted molar refractivity (Wildman–Crippen MR) is 73.8 cm³/mol. The Labute approximate surface area is 105 Å². The number of rotatable bonds is 8. The molecule has 2 nitrogen and oxygen atoms in total. The van der Waals surface area contributed by atoms with E-state index in [9.17, 15) is 0 Å². The van der Waals surface area contributed by atoms with Crippen LogP contribution in [0.2, 0.25) is 0 Å². The highest BCUT2D eigenvalue weighted by Gasteiger charge is 2.02. The van der Waals surface area contributed by atoms with Crippen LogP contribution in [0.25, 0.3) is 0 Å². The highest BCUT2D eigenvalue weighted by molar-refractivity contribution is 5.29. The first-order valence-electron chi connectivity index (χ1n) is 6.71. The fraction of sp³-hybridized carbons (Fsp3) is 0.600. The van der Waals surface area contributed by atoms with E-state index in [0.29, 0.717) is 5.92 Å². The second-order valence-corrected chi connectivity index (χ2v) is 4.43. The van der Waals surface area contributed by atoms with Crippen LogP contribution < -0.4 is 10.1 Å². The van der Waals surface area contributed by atoms with Gasteiger partial charge in [-0.1, -0.05) is 32.9 Å². The minimum Gasteiger partial charge on any atom is -0.494 e. The summed E-state index contributed by atoms with van der Waals surface area (Å²) in [6.07, 6.45) is 2.24. The smallest absolute Gasteiger partial charge is 0.119 e. The number of nitrogens with one attached hydrogen (secondary N) is 1. The summed E-state index contributed by atoms with van der Waals surface area (Å²) in [5.74, 6) is 1.62. The quantitative estimate of drug-likeness (QED) is 0.695. The third-order valence-electron chi connectivity index (χ3n) is 3.08. The van der Waals surface area contributed by atoms with E-state index in [1.165, 1.54) is 12.0 Å². The summed E-state index contributed by atoms with van der Waals surface area (Å²) in [4.78, 5) is 0. The maximum Gasteiger partial charge on any atom is 0.119 e. The van der Waals surface area contributed by atoms with Crippen LogP contribution in [0.15, 0.2) is 24.3 Å². The van der Waals surface area contributed by atoms with Crippen molar-refractivity contribution in [2.24, 2.45) is 0 Å². The maximum atomic E-state index is 5.68. The van der Waals surface area contributed by atoms with E-state index in [-0.39, 0.29) is 0 Å². The van der Waals surface area contributed by atoms with Crippen LogP contribution in [0.5, 0.6) is 5.75 Å². The zero-order valence-electron chi connectivity index (χ0n) is 11.3. The van der Waals surface area contributed by atoms with Crippen molar-refractivity contribution in [3.8, 4) is 5.75 Å². The first-order chi connectivity index (χ1) is 8.27. The third kappa shape index (κ3) is 5.22. The van der Waals surface area contributed by atoms with Crippen LogP contribution >= 0.6 is 0 Å². The largest absolute Gasteiger partial charge is 0.494 e. The lowest BCUT2D eigenvalue weighted by molar-refractivity contribution is 0.308. The molecule has 0 saturated heterocycles. The molecule has 1 aromatic rings. The normalized spacial score (nSPS) is 12.4. The topological polar surface area (TPSA) is 21.3 Å². The summed E-state index contributed by atoms with van der Waals surface area (Å²) in [5.41, 5.74) is 1.40. The van der Waals surface area contributed by atoms with Crippen LogP contribution in [0.1, 0.15) is 45.1 Å². The van der Waals surface area contributed by atoms with Crippen LogP contribution in [0.4, 0.5) is 0 Å². The average Bonchev–Trinajstić information content (AvgIpc) is 2.38. The van der Waals surface area contributed by atoms with Crippen LogP contribution in [-0.4, -0.2) is 19.7 Å². The molecule has 0 heterocycles. The number of hydrogen-bond donors (Lipinski definition) is 1. The van der Waals surface area contributed by atoms with Gasteiger partial charge in [0.05, 0.1) is 6.61 Å². The molecular formula is C15H25NO. The van der Waals surface area contributed by atoms with Gasteiger partial charge in [-0.2, -0.15) is 0 Å². The molecule has 0 saturated carbocycles. The molecule has 0 aromatic heterocycles. The molecule has 1 aromatic carbocycles. The van der Waals surface area contributed by atoms with Gasteiger partial charge in [-0.05, 0) is 49.5 Å². The van der Waals surface area contributed by atoms with E-state index in [2.05, 4.69) is 50.4 Å². The van der Waals surface area contributed by atoms with Crippen LogP contribution in [-0.2, 0) is 0 Å². The fourth-order valence-electron chi connectivity index (χ4n) is 1.69. The lowest BCUT2D eigenvalue weighted by Gasteiger charge is -2.10. The first kappa shape index (κ1) is 14.0. The Morgan fingerprint density at radius 2 is 1.88 bits per heavy atom. The second kappa shape index (κ2) is 8.13. The summed E-state index contributed by atoms with van der Waals surface area (Å²) in [5, 5.41) is 3.29. The SMILES string of the molecule is CCNCCCOc1ccc(C(C)CC)cc1. The molecule has 0 spiro atoms. The molecule has 1 unspecified atom stereocenters. The molecule has 0 aliphatic heterocycles. The minimum absolute atomic E-state index is 0.637. The van der Waals surface area contributed by atoms with Gasteiger partial charge in [-0.3, -0.25) is 0 Å². The van der Waals surface area contributed by atoms with Gasteiger partial charge < -0.3 is 10.1 Å². The molecule has 1 rings (SSSR count). The highest BCUT2D eigenvalue weighted by atomic mass is 16.5. The van der Waals surface area contributed by atoms with Gasteiger partial charge in [-0.15, -0.1) is 0 Å². The first-order valence-corrected chi connectivity index (χ1v) is 6.71. The van der Waals surface area contributed by atoms with Gasteiger partial charge in [0, 0.05) is 0 Å². The van der Waals surface area contributed by atoms with Crippen molar-refractivity contribution in [2.75, 3.05) is 19.7 Å². The molecule has 0 fully saturated rings. The molecule has 0 radical (unpaired) electrons. The van der Waals surface area contributed by atoms with Gasteiger partial charge in [0.15, 0.2) is 0 Å².